The molecule has 1 heterocycles. The molecule has 0 aliphatic carbocycles. The van der Waals surface area contributed by atoms with E-state index in [1.54, 1.807) is 18.2 Å². The van der Waals surface area contributed by atoms with Crippen molar-refractivity contribution in [1.29, 1.82) is 0 Å². The highest BCUT2D eigenvalue weighted by Gasteiger charge is 2.22. The topological polar surface area (TPSA) is 94.1 Å². The van der Waals surface area contributed by atoms with Gasteiger partial charge in [0.15, 0.2) is 0 Å². The van der Waals surface area contributed by atoms with Gasteiger partial charge < -0.3 is 5.32 Å². The van der Waals surface area contributed by atoms with Gasteiger partial charge in [0.1, 0.15) is 17.0 Å². The fraction of sp³-hybridized carbons (Fsp3) is 0.0769. The molecule has 0 aliphatic heterocycles. The summed E-state index contributed by atoms with van der Waals surface area (Å²) >= 11 is 2.07. The number of anilines is 1. The Morgan fingerprint density at radius 2 is 2.14 bits per heavy atom. The van der Waals surface area contributed by atoms with Gasteiger partial charge in [0, 0.05) is 15.7 Å². The summed E-state index contributed by atoms with van der Waals surface area (Å²) in [4.78, 5) is 10.7. The van der Waals surface area contributed by atoms with Crippen molar-refractivity contribution < 1.29 is 13.9 Å². The van der Waals surface area contributed by atoms with Crippen LogP contribution < -0.4 is 5.32 Å². The van der Waals surface area contributed by atoms with Crippen LogP contribution in [0.4, 0.5) is 15.8 Å². The Hall–Kier alpha value is -2.30. The van der Waals surface area contributed by atoms with Crippen LogP contribution in [0.2, 0.25) is 0 Å². The summed E-state index contributed by atoms with van der Waals surface area (Å²) in [5.74, 6) is -0.375. The van der Waals surface area contributed by atoms with E-state index in [9.17, 15) is 14.5 Å². The van der Waals surface area contributed by atoms with Crippen LogP contribution in [0.25, 0.3) is 11.0 Å². The number of fused-ring (bicyclic) bond motifs is 1. The molecule has 0 saturated carbocycles. The third-order valence-corrected chi connectivity index (χ3v) is 3.73. The molecule has 0 amide bonds. The molecule has 0 atom stereocenters. The van der Waals surface area contributed by atoms with E-state index in [2.05, 4.69) is 42.9 Å². The highest BCUT2D eigenvalue weighted by Crippen LogP contribution is 2.31. The Bertz CT molecular complexity index is 868. The molecule has 0 fully saturated rings. The second kappa shape index (κ2) is 5.83. The maximum absolute atomic E-state index is 13.7. The van der Waals surface area contributed by atoms with Crippen molar-refractivity contribution >= 4 is 45.0 Å². The van der Waals surface area contributed by atoms with E-state index in [4.69, 9.17) is 0 Å². The predicted octanol–water partition coefficient (Wildman–Crippen LogP) is 3.49. The number of halogens is 2. The van der Waals surface area contributed by atoms with Crippen molar-refractivity contribution in [2.24, 2.45) is 0 Å². The third-order valence-electron chi connectivity index (χ3n) is 3.06. The minimum Gasteiger partial charge on any atom is -0.375 e. The summed E-state index contributed by atoms with van der Waals surface area (Å²) in [6.07, 6.45) is 0. The van der Waals surface area contributed by atoms with Gasteiger partial charge >= 0.3 is 5.69 Å². The lowest BCUT2D eigenvalue weighted by atomic mass is 10.2. The fourth-order valence-corrected chi connectivity index (χ4v) is 2.59. The summed E-state index contributed by atoms with van der Waals surface area (Å²) in [6.45, 7) is 0.111. The van der Waals surface area contributed by atoms with E-state index in [0.717, 1.165) is 3.57 Å². The molecule has 0 saturated heterocycles. The lowest BCUT2D eigenvalue weighted by molar-refractivity contribution is -0.382. The summed E-state index contributed by atoms with van der Waals surface area (Å²) in [6, 6.07) is 7.72. The number of nitro benzene ring substituents is 1. The fourth-order valence-electron chi connectivity index (χ4n) is 2.03. The average molecular weight is 414 g/mol. The molecule has 0 unspecified atom stereocenters. The van der Waals surface area contributed by atoms with Crippen molar-refractivity contribution in [1.82, 2.24) is 10.3 Å². The number of nitrogens with zero attached hydrogens (tertiary/aromatic N) is 3. The zero-order chi connectivity index (χ0) is 15.7. The first kappa shape index (κ1) is 14.6. The molecular formula is C13H8FIN4O3. The molecule has 0 bridgehead atoms. The van der Waals surface area contributed by atoms with Crippen LogP contribution in [0.15, 0.2) is 35.0 Å². The maximum Gasteiger partial charge on any atom is 0.323 e. The largest absolute Gasteiger partial charge is 0.375 e. The molecule has 7 nitrogen and oxygen atoms in total. The Morgan fingerprint density at radius 1 is 1.32 bits per heavy atom. The molecule has 0 spiro atoms. The smallest absolute Gasteiger partial charge is 0.323 e. The normalized spacial score (nSPS) is 10.8. The molecule has 112 valence electrons. The number of aromatic nitrogens is 2. The molecule has 3 aromatic rings. The lowest BCUT2D eigenvalue weighted by Gasteiger charge is -2.08. The highest BCUT2D eigenvalue weighted by atomic mass is 127. The van der Waals surface area contributed by atoms with Crippen LogP contribution in [-0.2, 0) is 6.54 Å². The van der Waals surface area contributed by atoms with Crippen LogP contribution in [-0.4, -0.2) is 15.2 Å². The van der Waals surface area contributed by atoms with Gasteiger partial charge in [-0.2, -0.15) is 0 Å². The third kappa shape index (κ3) is 2.71. The first-order chi connectivity index (χ1) is 10.6. The maximum atomic E-state index is 13.7. The van der Waals surface area contributed by atoms with E-state index >= 15 is 0 Å². The molecule has 1 aromatic heterocycles. The van der Waals surface area contributed by atoms with Gasteiger partial charge in [-0.25, -0.2) is 9.02 Å². The number of hydrogen-bond donors (Lipinski definition) is 1. The summed E-state index contributed by atoms with van der Waals surface area (Å²) in [7, 11) is 0. The van der Waals surface area contributed by atoms with Gasteiger partial charge in [0.05, 0.1) is 4.92 Å². The van der Waals surface area contributed by atoms with Gasteiger partial charge in [-0.15, -0.1) is 0 Å². The van der Waals surface area contributed by atoms with Crippen molar-refractivity contribution in [3.05, 3.63) is 55.4 Å². The minimum atomic E-state index is -0.569. The number of rotatable bonds is 4. The monoisotopic (exact) mass is 414 g/mol. The van der Waals surface area contributed by atoms with Gasteiger partial charge in [-0.05, 0) is 63.2 Å². The predicted molar refractivity (Wildman–Crippen MR) is 84.9 cm³/mol. The Morgan fingerprint density at radius 3 is 2.91 bits per heavy atom. The van der Waals surface area contributed by atoms with Gasteiger partial charge in [0.2, 0.25) is 5.52 Å². The first-order valence-electron chi connectivity index (χ1n) is 6.13. The van der Waals surface area contributed by atoms with Gasteiger partial charge in [-0.3, -0.25) is 10.1 Å². The zero-order valence-electron chi connectivity index (χ0n) is 10.9. The Labute approximate surface area is 136 Å². The minimum absolute atomic E-state index is 0.0538. The van der Waals surface area contributed by atoms with E-state index in [1.165, 1.54) is 12.1 Å². The first-order valence-corrected chi connectivity index (χ1v) is 7.21. The summed E-state index contributed by atoms with van der Waals surface area (Å²) < 4.78 is 19.1. The SMILES string of the molecule is O=[N+]([O-])c1c(NCc2cc(I)ccc2F)ccc2nonc12. The van der Waals surface area contributed by atoms with Crippen LogP contribution in [0.1, 0.15) is 5.56 Å². The van der Waals surface area contributed by atoms with Crippen LogP contribution in [0.3, 0.4) is 0 Å². The molecule has 1 N–H and O–H groups in total. The van der Waals surface area contributed by atoms with Crippen molar-refractivity contribution in [3.63, 3.8) is 0 Å². The Kier molecular flexibility index (Phi) is 3.88. The number of hydrogen-bond acceptors (Lipinski definition) is 6. The van der Waals surface area contributed by atoms with Crippen LogP contribution >= 0.6 is 22.6 Å². The molecule has 0 aliphatic rings. The number of nitro groups is 1. The number of benzene rings is 2. The molecule has 0 radical (unpaired) electrons. The highest BCUT2D eigenvalue weighted by molar-refractivity contribution is 14.1. The second-order valence-corrected chi connectivity index (χ2v) is 5.69. The van der Waals surface area contributed by atoms with Crippen LogP contribution in [0, 0.1) is 19.5 Å². The molecule has 9 heteroatoms. The zero-order valence-corrected chi connectivity index (χ0v) is 13.1. The van der Waals surface area contributed by atoms with E-state index in [1.807, 2.05) is 0 Å². The van der Waals surface area contributed by atoms with Crippen molar-refractivity contribution in [2.45, 2.75) is 6.54 Å². The lowest BCUT2D eigenvalue weighted by Crippen LogP contribution is -2.05. The van der Waals surface area contributed by atoms with E-state index in [0.29, 0.717) is 5.56 Å². The molecular weight excluding hydrogens is 406 g/mol. The Balaban J connectivity index is 1.95. The average Bonchev–Trinajstić information content (AvgIpc) is 2.95. The van der Waals surface area contributed by atoms with Gasteiger partial charge in [-0.1, -0.05) is 0 Å². The molecule has 2 aromatic carbocycles. The number of nitrogens with one attached hydrogen (secondary N) is 1. The van der Waals surface area contributed by atoms with E-state index in [-0.39, 0.29) is 34.8 Å². The summed E-state index contributed by atoms with van der Waals surface area (Å²) in [5.41, 5.74) is 0.742. The van der Waals surface area contributed by atoms with Crippen molar-refractivity contribution in [2.75, 3.05) is 5.32 Å². The molecule has 3 rings (SSSR count). The van der Waals surface area contributed by atoms with E-state index < -0.39 is 4.92 Å². The van der Waals surface area contributed by atoms with Gasteiger partial charge in [0.25, 0.3) is 0 Å². The molecule has 22 heavy (non-hydrogen) atoms. The standard InChI is InChI=1S/C13H8FIN4O3/c14-9-2-1-8(15)5-7(9)6-16-11-4-3-10-12(18-22-17-10)13(11)19(20)21/h1-5,16H,6H2. The summed E-state index contributed by atoms with van der Waals surface area (Å²) in [5, 5.41) is 21.2. The van der Waals surface area contributed by atoms with Crippen LogP contribution in [0.5, 0.6) is 0 Å². The quantitative estimate of drug-likeness (QED) is 0.399. The van der Waals surface area contributed by atoms with Crippen molar-refractivity contribution in [3.8, 4) is 0 Å². The second-order valence-electron chi connectivity index (χ2n) is 4.44.